The van der Waals surface area contributed by atoms with Crippen LogP contribution in [0.1, 0.15) is 6.42 Å². The second kappa shape index (κ2) is 9.19. The summed E-state index contributed by atoms with van der Waals surface area (Å²) in [6, 6.07) is 12.0. The second-order valence-electron chi connectivity index (χ2n) is 8.08. The van der Waals surface area contributed by atoms with Gasteiger partial charge in [0.1, 0.15) is 23.5 Å². The Labute approximate surface area is 190 Å². The van der Waals surface area contributed by atoms with Crippen LogP contribution >= 0.6 is 0 Å². The maximum absolute atomic E-state index is 14.1. The van der Waals surface area contributed by atoms with Gasteiger partial charge < -0.3 is 24.0 Å². The van der Waals surface area contributed by atoms with Crippen LogP contribution in [0.25, 0.3) is 22.3 Å². The summed E-state index contributed by atoms with van der Waals surface area (Å²) in [4.78, 5) is 25.7. The van der Waals surface area contributed by atoms with Gasteiger partial charge in [-0.1, -0.05) is 12.1 Å². The number of aromatic nitrogens is 2. The number of nitrogens with zero attached hydrogens (tertiary/aromatic N) is 4. The third-order valence-corrected chi connectivity index (χ3v) is 5.98. The van der Waals surface area contributed by atoms with Gasteiger partial charge in [0.2, 0.25) is 0 Å². The van der Waals surface area contributed by atoms with Crippen molar-refractivity contribution >= 4 is 22.8 Å². The third kappa shape index (κ3) is 4.41. The average molecular weight is 452 g/mol. The van der Waals surface area contributed by atoms with Crippen molar-refractivity contribution in [2.45, 2.75) is 12.5 Å². The van der Waals surface area contributed by atoms with Crippen LogP contribution in [-0.4, -0.2) is 73.6 Å². The number of methoxy groups -OCH3 is 1. The first-order chi connectivity index (χ1) is 16.1. The molecule has 0 N–H and O–H groups in total. The van der Waals surface area contributed by atoms with Crippen LogP contribution in [0.3, 0.4) is 0 Å². The molecule has 3 aromatic rings. The molecular formula is C24H25FN4O4. The summed E-state index contributed by atoms with van der Waals surface area (Å²) in [6.45, 7) is 3.14. The summed E-state index contributed by atoms with van der Waals surface area (Å²) in [5.41, 5.74) is 1.40. The number of hydrogen-bond acceptors (Lipinski definition) is 7. The van der Waals surface area contributed by atoms with E-state index in [0.29, 0.717) is 67.7 Å². The first kappa shape index (κ1) is 21.4. The number of anilines is 1. The fraction of sp³-hybridized carbons (Fsp3) is 0.375. The van der Waals surface area contributed by atoms with Gasteiger partial charge in [-0.2, -0.15) is 0 Å². The Morgan fingerprint density at radius 2 is 1.94 bits per heavy atom. The molecule has 1 aromatic heterocycles. The van der Waals surface area contributed by atoms with Crippen LogP contribution in [0, 0.1) is 5.82 Å². The molecule has 172 valence electrons. The highest BCUT2D eigenvalue weighted by Crippen LogP contribution is 2.32. The summed E-state index contributed by atoms with van der Waals surface area (Å²) >= 11 is 0. The molecule has 3 heterocycles. The Kier molecular flexibility index (Phi) is 5.95. The molecule has 2 aliphatic heterocycles. The number of hydrogen-bond donors (Lipinski definition) is 0. The zero-order valence-electron chi connectivity index (χ0n) is 18.4. The van der Waals surface area contributed by atoms with Crippen molar-refractivity contribution in [3.8, 4) is 17.1 Å². The predicted octanol–water partition coefficient (Wildman–Crippen LogP) is 3.49. The Morgan fingerprint density at radius 1 is 1.12 bits per heavy atom. The largest absolute Gasteiger partial charge is 0.496 e. The standard InChI is InChI=1S/C24H25FN4O4/c1-31-21-5-3-2-4-18(21)22-26-20-7-6-16(25)14-19(20)23(27-22)28-9-11-29(12-10-28)24(30)33-17-8-13-32-15-17/h2-7,14,17H,8-13,15H2,1H3/t17-/m1/s1. The molecule has 2 aliphatic rings. The van der Waals surface area contributed by atoms with Crippen LogP contribution in [0.15, 0.2) is 42.5 Å². The zero-order chi connectivity index (χ0) is 22.8. The molecule has 1 amide bonds. The van der Waals surface area contributed by atoms with Crippen LogP contribution < -0.4 is 9.64 Å². The van der Waals surface area contributed by atoms with E-state index in [0.717, 1.165) is 12.0 Å². The molecule has 0 spiro atoms. The number of piperazine rings is 1. The molecule has 2 fully saturated rings. The number of carbonyl (C=O) groups excluding carboxylic acids is 1. The van der Waals surface area contributed by atoms with Crippen molar-refractivity contribution in [3.05, 3.63) is 48.3 Å². The SMILES string of the molecule is COc1ccccc1-c1nc(N2CCN(C(=O)O[C@@H]3CCOC3)CC2)c2cc(F)ccc2n1. The summed E-state index contributed by atoms with van der Waals surface area (Å²) in [7, 11) is 1.60. The molecule has 0 radical (unpaired) electrons. The van der Waals surface area contributed by atoms with Crippen molar-refractivity contribution in [2.75, 3.05) is 51.4 Å². The highest BCUT2D eigenvalue weighted by molar-refractivity contribution is 5.91. The zero-order valence-corrected chi connectivity index (χ0v) is 18.4. The Morgan fingerprint density at radius 3 is 2.70 bits per heavy atom. The van der Waals surface area contributed by atoms with E-state index in [4.69, 9.17) is 19.2 Å². The lowest BCUT2D eigenvalue weighted by molar-refractivity contribution is 0.0534. The van der Waals surface area contributed by atoms with Gasteiger partial charge in [0.05, 0.1) is 31.4 Å². The number of amides is 1. The molecule has 5 rings (SSSR count). The van der Waals surface area contributed by atoms with Crippen molar-refractivity contribution in [2.24, 2.45) is 0 Å². The lowest BCUT2D eigenvalue weighted by atomic mass is 10.1. The first-order valence-corrected chi connectivity index (χ1v) is 11.0. The number of rotatable bonds is 4. The molecule has 2 saturated heterocycles. The van der Waals surface area contributed by atoms with Crippen molar-refractivity contribution in [1.29, 1.82) is 0 Å². The predicted molar refractivity (Wildman–Crippen MR) is 121 cm³/mol. The van der Waals surface area contributed by atoms with E-state index >= 15 is 0 Å². The number of fused-ring (bicyclic) bond motifs is 1. The van der Waals surface area contributed by atoms with Crippen molar-refractivity contribution in [1.82, 2.24) is 14.9 Å². The quantitative estimate of drug-likeness (QED) is 0.600. The van der Waals surface area contributed by atoms with E-state index in [2.05, 4.69) is 9.88 Å². The molecule has 1 atom stereocenters. The maximum atomic E-state index is 14.1. The van der Waals surface area contributed by atoms with Gasteiger partial charge >= 0.3 is 6.09 Å². The Bertz CT molecular complexity index is 1160. The topological polar surface area (TPSA) is 77.0 Å². The minimum absolute atomic E-state index is 0.173. The maximum Gasteiger partial charge on any atom is 0.410 e. The summed E-state index contributed by atoms with van der Waals surface area (Å²) in [6.07, 6.45) is 0.238. The van der Waals surface area contributed by atoms with Crippen LogP contribution in [0.2, 0.25) is 0 Å². The number of carbonyl (C=O) groups is 1. The van der Waals surface area contributed by atoms with E-state index in [1.165, 1.54) is 12.1 Å². The van der Waals surface area contributed by atoms with Gasteiger partial charge in [0, 0.05) is 38.0 Å². The minimum atomic E-state index is -0.349. The Hall–Kier alpha value is -3.46. The van der Waals surface area contributed by atoms with Crippen LogP contribution in [0.5, 0.6) is 5.75 Å². The smallest absolute Gasteiger partial charge is 0.410 e. The molecule has 33 heavy (non-hydrogen) atoms. The van der Waals surface area contributed by atoms with Gasteiger partial charge in [-0.15, -0.1) is 0 Å². The van der Waals surface area contributed by atoms with Gasteiger partial charge in [-0.05, 0) is 30.3 Å². The minimum Gasteiger partial charge on any atom is -0.496 e. The fourth-order valence-corrected chi connectivity index (χ4v) is 4.20. The lowest BCUT2D eigenvalue weighted by Gasteiger charge is -2.35. The monoisotopic (exact) mass is 452 g/mol. The third-order valence-electron chi connectivity index (χ3n) is 5.98. The van der Waals surface area contributed by atoms with Gasteiger partial charge in [-0.3, -0.25) is 0 Å². The highest BCUT2D eigenvalue weighted by atomic mass is 19.1. The summed E-state index contributed by atoms with van der Waals surface area (Å²) < 4.78 is 30.4. The van der Waals surface area contributed by atoms with Gasteiger partial charge in [0.25, 0.3) is 0 Å². The molecule has 0 unspecified atom stereocenters. The molecule has 0 aliphatic carbocycles. The van der Waals surface area contributed by atoms with E-state index in [1.807, 2.05) is 24.3 Å². The van der Waals surface area contributed by atoms with Crippen molar-refractivity contribution < 1.29 is 23.4 Å². The summed E-state index contributed by atoms with van der Waals surface area (Å²) in [5, 5.41) is 0.632. The molecule has 0 bridgehead atoms. The normalized spacial score (nSPS) is 18.5. The average Bonchev–Trinajstić information content (AvgIpc) is 3.36. The van der Waals surface area contributed by atoms with Gasteiger partial charge in [-0.25, -0.2) is 19.2 Å². The number of benzene rings is 2. The van der Waals surface area contributed by atoms with Crippen molar-refractivity contribution in [3.63, 3.8) is 0 Å². The molecule has 9 heteroatoms. The van der Waals surface area contributed by atoms with E-state index in [1.54, 1.807) is 18.1 Å². The Balaban J connectivity index is 1.42. The van der Waals surface area contributed by atoms with E-state index in [-0.39, 0.29) is 18.0 Å². The van der Waals surface area contributed by atoms with E-state index < -0.39 is 0 Å². The van der Waals surface area contributed by atoms with Crippen LogP contribution in [0.4, 0.5) is 15.0 Å². The molecular weight excluding hydrogens is 427 g/mol. The molecule has 8 nitrogen and oxygen atoms in total. The summed E-state index contributed by atoms with van der Waals surface area (Å²) in [5.74, 6) is 1.45. The van der Waals surface area contributed by atoms with Crippen LogP contribution in [-0.2, 0) is 9.47 Å². The highest BCUT2D eigenvalue weighted by Gasteiger charge is 2.28. The lowest BCUT2D eigenvalue weighted by Crippen LogP contribution is -2.49. The first-order valence-electron chi connectivity index (χ1n) is 11.0. The molecule has 0 saturated carbocycles. The number of para-hydroxylation sites is 1. The number of halogens is 1. The van der Waals surface area contributed by atoms with E-state index in [9.17, 15) is 9.18 Å². The molecule has 2 aromatic carbocycles. The fourth-order valence-electron chi connectivity index (χ4n) is 4.20. The second-order valence-corrected chi connectivity index (χ2v) is 8.08. The van der Waals surface area contributed by atoms with Gasteiger partial charge in [0.15, 0.2) is 5.82 Å². The number of ether oxygens (including phenoxy) is 3.